The highest BCUT2D eigenvalue weighted by Gasteiger charge is 2.08. The Morgan fingerprint density at radius 1 is 1.37 bits per heavy atom. The number of amides is 1. The highest BCUT2D eigenvalue weighted by atomic mass is 16.1. The van der Waals surface area contributed by atoms with E-state index in [0.29, 0.717) is 0 Å². The molecule has 0 bridgehead atoms. The lowest BCUT2D eigenvalue weighted by Gasteiger charge is -2.16. The first-order valence-corrected chi connectivity index (χ1v) is 6.20. The molecule has 5 heteroatoms. The van der Waals surface area contributed by atoms with E-state index in [2.05, 4.69) is 27.8 Å². The number of carbonyl (C=O) groups excluding carboxylic acids is 1. The fraction of sp³-hybridized carbons (Fsp3) is 0.286. The van der Waals surface area contributed by atoms with E-state index in [0.717, 1.165) is 22.6 Å². The molecule has 1 aromatic heterocycles. The molecule has 3 N–H and O–H groups in total. The highest BCUT2D eigenvalue weighted by Crippen LogP contribution is 2.24. The van der Waals surface area contributed by atoms with Gasteiger partial charge >= 0.3 is 0 Å². The fourth-order valence-electron chi connectivity index (χ4n) is 1.88. The minimum absolute atomic E-state index is 0.0728. The van der Waals surface area contributed by atoms with Crippen LogP contribution in [0.3, 0.4) is 0 Å². The molecule has 2 aromatic rings. The molecule has 0 radical (unpaired) electrons. The van der Waals surface area contributed by atoms with Gasteiger partial charge < -0.3 is 10.6 Å². The van der Waals surface area contributed by atoms with E-state index in [-0.39, 0.29) is 11.9 Å². The van der Waals surface area contributed by atoms with Crippen molar-refractivity contribution in [3.05, 3.63) is 41.7 Å². The second-order valence-corrected chi connectivity index (χ2v) is 4.59. The first-order valence-electron chi connectivity index (χ1n) is 6.20. The molecule has 1 heterocycles. The molecule has 1 unspecified atom stereocenters. The quantitative estimate of drug-likeness (QED) is 0.789. The number of hydrogen-bond acceptors (Lipinski definition) is 3. The number of carbonyl (C=O) groups is 1. The summed E-state index contributed by atoms with van der Waals surface area (Å²) in [6.45, 7) is 5.58. The third-order valence-electron chi connectivity index (χ3n) is 2.92. The third kappa shape index (κ3) is 3.34. The minimum Gasteiger partial charge on any atom is -0.377 e. The molecule has 1 amide bonds. The molecule has 0 saturated carbocycles. The van der Waals surface area contributed by atoms with Gasteiger partial charge in [0.25, 0.3) is 0 Å². The van der Waals surface area contributed by atoms with Crippen molar-refractivity contribution in [3.8, 4) is 0 Å². The summed E-state index contributed by atoms with van der Waals surface area (Å²) in [6, 6.07) is 7.86. The Balaban J connectivity index is 2.17. The van der Waals surface area contributed by atoms with Gasteiger partial charge in [-0.05, 0) is 37.6 Å². The number of aromatic nitrogens is 2. The second-order valence-electron chi connectivity index (χ2n) is 4.59. The van der Waals surface area contributed by atoms with Crippen LogP contribution in [0, 0.1) is 6.92 Å². The second kappa shape index (κ2) is 5.56. The van der Waals surface area contributed by atoms with Crippen LogP contribution in [0.5, 0.6) is 0 Å². The van der Waals surface area contributed by atoms with Gasteiger partial charge in [0.1, 0.15) is 0 Å². The monoisotopic (exact) mass is 258 g/mol. The predicted octanol–water partition coefficient (Wildman–Crippen LogP) is 2.85. The number of benzene rings is 1. The number of aryl methyl sites for hydroxylation is 1. The molecule has 2 rings (SSSR count). The van der Waals surface area contributed by atoms with Gasteiger partial charge in [0.05, 0.1) is 11.7 Å². The molecule has 1 atom stereocenters. The van der Waals surface area contributed by atoms with Crippen LogP contribution >= 0.6 is 0 Å². The van der Waals surface area contributed by atoms with Gasteiger partial charge in [0.2, 0.25) is 5.91 Å². The summed E-state index contributed by atoms with van der Waals surface area (Å²) in [5.74, 6) is -0.0728. The van der Waals surface area contributed by atoms with Gasteiger partial charge in [-0.25, -0.2) is 0 Å². The van der Waals surface area contributed by atoms with Crippen LogP contribution in [0.25, 0.3) is 0 Å². The average Bonchev–Trinajstić information content (AvgIpc) is 2.86. The van der Waals surface area contributed by atoms with Crippen LogP contribution in [-0.2, 0) is 4.79 Å². The lowest BCUT2D eigenvalue weighted by molar-refractivity contribution is -0.114. The van der Waals surface area contributed by atoms with Crippen molar-refractivity contribution >= 4 is 17.3 Å². The summed E-state index contributed by atoms with van der Waals surface area (Å²) in [5, 5.41) is 13.1. The molecule has 5 nitrogen and oxygen atoms in total. The Morgan fingerprint density at radius 3 is 2.79 bits per heavy atom. The van der Waals surface area contributed by atoms with Gasteiger partial charge in [-0.2, -0.15) is 5.10 Å². The molecule has 0 aliphatic carbocycles. The Morgan fingerprint density at radius 2 is 2.16 bits per heavy atom. The van der Waals surface area contributed by atoms with Crippen molar-refractivity contribution < 1.29 is 4.79 Å². The zero-order valence-electron chi connectivity index (χ0n) is 11.3. The maximum absolute atomic E-state index is 11.1. The Bertz CT molecular complexity index is 563. The first-order chi connectivity index (χ1) is 9.06. The van der Waals surface area contributed by atoms with Gasteiger partial charge in [-0.15, -0.1) is 0 Å². The number of hydrogen-bond donors (Lipinski definition) is 3. The van der Waals surface area contributed by atoms with Crippen molar-refractivity contribution in [3.63, 3.8) is 0 Å². The third-order valence-corrected chi connectivity index (χ3v) is 2.92. The maximum Gasteiger partial charge on any atom is 0.221 e. The summed E-state index contributed by atoms with van der Waals surface area (Å²) >= 11 is 0. The number of aromatic amines is 1. The number of H-pyrrole nitrogens is 1. The molecular formula is C14H18N4O. The fourth-order valence-corrected chi connectivity index (χ4v) is 1.88. The largest absolute Gasteiger partial charge is 0.377 e. The number of rotatable bonds is 4. The zero-order valence-corrected chi connectivity index (χ0v) is 11.3. The van der Waals surface area contributed by atoms with Crippen molar-refractivity contribution in [2.75, 3.05) is 10.6 Å². The van der Waals surface area contributed by atoms with E-state index < -0.39 is 0 Å². The topological polar surface area (TPSA) is 69.8 Å². The van der Waals surface area contributed by atoms with Crippen LogP contribution in [0.4, 0.5) is 11.4 Å². The molecule has 19 heavy (non-hydrogen) atoms. The minimum atomic E-state index is -0.0728. The molecule has 100 valence electrons. The summed E-state index contributed by atoms with van der Waals surface area (Å²) in [5.41, 5.74) is 3.93. The van der Waals surface area contributed by atoms with Crippen molar-refractivity contribution in [1.82, 2.24) is 10.2 Å². The summed E-state index contributed by atoms with van der Waals surface area (Å²) in [6.07, 6.45) is 1.73. The molecule has 1 aromatic carbocycles. The standard InChI is InChI=1S/C14H18N4O/c1-9-4-5-12(17-11(3)19)8-14(9)16-10(2)13-6-7-15-18-13/h4-8,10,16H,1-3H3,(H,15,18)(H,17,19). The highest BCUT2D eigenvalue weighted by molar-refractivity contribution is 5.89. The molecular weight excluding hydrogens is 240 g/mol. The molecule has 0 saturated heterocycles. The SMILES string of the molecule is CC(=O)Nc1ccc(C)c(NC(C)c2ccn[nH]2)c1. The first kappa shape index (κ1) is 13.1. The van der Waals surface area contributed by atoms with Crippen LogP contribution in [-0.4, -0.2) is 16.1 Å². The van der Waals surface area contributed by atoms with Crippen molar-refractivity contribution in [2.45, 2.75) is 26.8 Å². The Labute approximate surface area is 112 Å². The van der Waals surface area contributed by atoms with Gasteiger partial charge in [-0.1, -0.05) is 6.07 Å². The molecule has 0 aliphatic rings. The van der Waals surface area contributed by atoms with E-state index in [1.807, 2.05) is 31.2 Å². The Kier molecular flexibility index (Phi) is 3.85. The van der Waals surface area contributed by atoms with Gasteiger partial charge in [0.15, 0.2) is 0 Å². The number of nitrogens with one attached hydrogen (secondary N) is 3. The predicted molar refractivity (Wildman–Crippen MR) is 76.1 cm³/mol. The van der Waals surface area contributed by atoms with Gasteiger partial charge in [-0.3, -0.25) is 9.89 Å². The smallest absolute Gasteiger partial charge is 0.221 e. The normalized spacial score (nSPS) is 11.9. The van der Waals surface area contributed by atoms with Gasteiger partial charge in [0, 0.05) is 24.5 Å². The summed E-state index contributed by atoms with van der Waals surface area (Å²) < 4.78 is 0. The molecule has 0 aliphatic heterocycles. The van der Waals surface area contributed by atoms with E-state index in [1.54, 1.807) is 6.20 Å². The van der Waals surface area contributed by atoms with E-state index >= 15 is 0 Å². The van der Waals surface area contributed by atoms with Crippen LogP contribution in [0.15, 0.2) is 30.5 Å². The van der Waals surface area contributed by atoms with Crippen LogP contribution < -0.4 is 10.6 Å². The molecule has 0 spiro atoms. The van der Waals surface area contributed by atoms with Crippen molar-refractivity contribution in [1.29, 1.82) is 0 Å². The number of anilines is 2. The Hall–Kier alpha value is -2.30. The average molecular weight is 258 g/mol. The van der Waals surface area contributed by atoms with E-state index in [9.17, 15) is 4.79 Å². The van der Waals surface area contributed by atoms with E-state index in [1.165, 1.54) is 6.92 Å². The molecule has 0 fully saturated rings. The van der Waals surface area contributed by atoms with Crippen LogP contribution in [0.1, 0.15) is 31.1 Å². The lowest BCUT2D eigenvalue weighted by atomic mass is 10.1. The maximum atomic E-state index is 11.1. The van der Waals surface area contributed by atoms with Crippen LogP contribution in [0.2, 0.25) is 0 Å². The number of nitrogens with zero attached hydrogens (tertiary/aromatic N) is 1. The van der Waals surface area contributed by atoms with Crippen molar-refractivity contribution in [2.24, 2.45) is 0 Å². The lowest BCUT2D eigenvalue weighted by Crippen LogP contribution is -2.10. The van der Waals surface area contributed by atoms with E-state index in [4.69, 9.17) is 0 Å². The summed E-state index contributed by atoms with van der Waals surface area (Å²) in [7, 11) is 0. The zero-order chi connectivity index (χ0) is 13.8. The summed E-state index contributed by atoms with van der Waals surface area (Å²) in [4.78, 5) is 11.1.